The molecule has 2 aromatic rings. The van der Waals surface area contributed by atoms with E-state index in [9.17, 15) is 4.39 Å². The predicted molar refractivity (Wildman–Crippen MR) is 48.6 cm³/mol. The third-order valence-corrected chi connectivity index (χ3v) is 1.82. The second kappa shape index (κ2) is 2.65. The van der Waals surface area contributed by atoms with Crippen LogP contribution in [0.2, 0.25) is 0 Å². The molecule has 0 saturated heterocycles. The monoisotopic (exact) mass is 177 g/mol. The third kappa shape index (κ3) is 1.20. The molecule has 1 aromatic heterocycles. The van der Waals surface area contributed by atoms with Gasteiger partial charge in [0, 0.05) is 5.39 Å². The van der Waals surface area contributed by atoms with Crippen LogP contribution in [0.1, 0.15) is 5.82 Å². The third-order valence-electron chi connectivity index (χ3n) is 1.82. The molecule has 0 aliphatic heterocycles. The van der Waals surface area contributed by atoms with Crippen molar-refractivity contribution < 1.29 is 4.39 Å². The number of hydrogen-bond acceptors (Lipinski definition) is 3. The summed E-state index contributed by atoms with van der Waals surface area (Å²) in [6.07, 6.45) is 0. The van der Waals surface area contributed by atoms with Crippen LogP contribution in [0, 0.1) is 12.7 Å². The molecule has 0 radical (unpaired) electrons. The number of para-hydroxylation sites is 1. The summed E-state index contributed by atoms with van der Waals surface area (Å²) in [5.74, 6) is 0.437. The average Bonchev–Trinajstić information content (AvgIpc) is 2.07. The van der Waals surface area contributed by atoms with Gasteiger partial charge in [0.1, 0.15) is 23.0 Å². The molecule has 2 rings (SSSR count). The molecule has 0 saturated carbocycles. The van der Waals surface area contributed by atoms with Crippen molar-refractivity contribution >= 4 is 16.7 Å². The number of anilines is 1. The second-order valence-electron chi connectivity index (χ2n) is 2.79. The van der Waals surface area contributed by atoms with Crippen LogP contribution >= 0.6 is 0 Å². The fourth-order valence-corrected chi connectivity index (χ4v) is 1.26. The molecule has 3 nitrogen and oxygen atoms in total. The lowest BCUT2D eigenvalue weighted by atomic mass is 10.2. The average molecular weight is 177 g/mol. The number of fused-ring (bicyclic) bond motifs is 1. The summed E-state index contributed by atoms with van der Waals surface area (Å²) in [5.41, 5.74) is 5.89. The van der Waals surface area contributed by atoms with Crippen LogP contribution in [0.25, 0.3) is 10.9 Å². The van der Waals surface area contributed by atoms with Crippen molar-refractivity contribution in [1.29, 1.82) is 0 Å². The molecule has 0 unspecified atom stereocenters. The van der Waals surface area contributed by atoms with E-state index in [1.54, 1.807) is 19.1 Å². The molecule has 1 aromatic carbocycles. The van der Waals surface area contributed by atoms with Crippen molar-refractivity contribution in [2.75, 3.05) is 5.73 Å². The number of benzene rings is 1. The standard InChI is InChI=1S/C9H8FN3/c1-5-12-8-6(9(11)13-5)3-2-4-7(8)10/h2-4H,1H3,(H2,11,12,13). The van der Waals surface area contributed by atoms with Crippen molar-refractivity contribution in [2.45, 2.75) is 6.92 Å². The van der Waals surface area contributed by atoms with Gasteiger partial charge in [-0.1, -0.05) is 6.07 Å². The SMILES string of the molecule is Cc1nc(N)c2cccc(F)c2n1. The van der Waals surface area contributed by atoms with Crippen LogP contribution in [0.4, 0.5) is 10.2 Å². The lowest BCUT2D eigenvalue weighted by Gasteiger charge is -2.02. The number of nitrogens with zero attached hydrogens (tertiary/aromatic N) is 2. The zero-order chi connectivity index (χ0) is 9.42. The lowest BCUT2D eigenvalue weighted by molar-refractivity contribution is 0.636. The Bertz CT molecular complexity index is 468. The van der Waals surface area contributed by atoms with Gasteiger partial charge >= 0.3 is 0 Å². The first-order valence-electron chi connectivity index (χ1n) is 3.87. The number of aromatic nitrogens is 2. The maximum absolute atomic E-state index is 13.2. The minimum Gasteiger partial charge on any atom is -0.383 e. The Morgan fingerprint density at radius 2 is 2.08 bits per heavy atom. The lowest BCUT2D eigenvalue weighted by Crippen LogP contribution is -1.98. The molecular weight excluding hydrogens is 169 g/mol. The van der Waals surface area contributed by atoms with Crippen molar-refractivity contribution in [1.82, 2.24) is 9.97 Å². The zero-order valence-corrected chi connectivity index (χ0v) is 7.08. The highest BCUT2D eigenvalue weighted by Gasteiger charge is 2.05. The summed E-state index contributed by atoms with van der Waals surface area (Å²) in [7, 11) is 0. The Morgan fingerprint density at radius 1 is 1.31 bits per heavy atom. The molecule has 0 atom stereocenters. The van der Waals surface area contributed by atoms with E-state index in [1.165, 1.54) is 6.07 Å². The first-order chi connectivity index (χ1) is 6.18. The summed E-state index contributed by atoms with van der Waals surface area (Å²) in [5, 5.41) is 0.561. The van der Waals surface area contributed by atoms with Crippen molar-refractivity contribution in [3.05, 3.63) is 29.8 Å². The van der Waals surface area contributed by atoms with Gasteiger partial charge in [0.25, 0.3) is 0 Å². The fraction of sp³-hybridized carbons (Fsp3) is 0.111. The van der Waals surface area contributed by atoms with Crippen molar-refractivity contribution in [2.24, 2.45) is 0 Å². The van der Waals surface area contributed by atoms with Crippen molar-refractivity contribution in [3.8, 4) is 0 Å². The molecule has 2 N–H and O–H groups in total. The van der Waals surface area contributed by atoms with Crippen molar-refractivity contribution in [3.63, 3.8) is 0 Å². The minimum atomic E-state index is -0.366. The Kier molecular flexibility index (Phi) is 1.62. The number of aryl methyl sites for hydroxylation is 1. The van der Waals surface area contributed by atoms with E-state index in [1.807, 2.05) is 0 Å². The summed E-state index contributed by atoms with van der Waals surface area (Å²) >= 11 is 0. The van der Waals surface area contributed by atoms with Gasteiger partial charge in [-0.3, -0.25) is 0 Å². The largest absolute Gasteiger partial charge is 0.383 e. The summed E-state index contributed by atoms with van der Waals surface area (Å²) in [6.45, 7) is 1.68. The Morgan fingerprint density at radius 3 is 2.85 bits per heavy atom. The first-order valence-corrected chi connectivity index (χ1v) is 3.87. The van der Waals surface area contributed by atoms with E-state index < -0.39 is 0 Å². The van der Waals surface area contributed by atoms with Gasteiger partial charge in [-0.25, -0.2) is 14.4 Å². The highest BCUT2D eigenvalue weighted by atomic mass is 19.1. The number of hydrogen-bond donors (Lipinski definition) is 1. The molecule has 0 amide bonds. The summed E-state index contributed by atoms with van der Waals surface area (Å²) < 4.78 is 13.2. The molecule has 4 heteroatoms. The molecule has 13 heavy (non-hydrogen) atoms. The fourth-order valence-electron chi connectivity index (χ4n) is 1.26. The Labute approximate surface area is 74.4 Å². The first kappa shape index (κ1) is 7.91. The van der Waals surface area contributed by atoms with Gasteiger partial charge in [0.15, 0.2) is 0 Å². The van der Waals surface area contributed by atoms with E-state index in [0.29, 0.717) is 17.0 Å². The number of halogens is 1. The molecule has 66 valence electrons. The van der Waals surface area contributed by atoms with Gasteiger partial charge in [-0.2, -0.15) is 0 Å². The van der Waals surface area contributed by atoms with E-state index in [4.69, 9.17) is 5.73 Å². The van der Waals surface area contributed by atoms with Crippen LogP contribution in [0.5, 0.6) is 0 Å². The summed E-state index contributed by atoms with van der Waals surface area (Å²) in [6, 6.07) is 4.65. The summed E-state index contributed by atoms with van der Waals surface area (Å²) in [4.78, 5) is 7.91. The van der Waals surface area contributed by atoms with E-state index in [-0.39, 0.29) is 11.3 Å². The maximum atomic E-state index is 13.2. The molecule has 1 heterocycles. The highest BCUT2D eigenvalue weighted by molar-refractivity contribution is 5.88. The van der Waals surface area contributed by atoms with Crippen LogP contribution in [0.3, 0.4) is 0 Å². The Hall–Kier alpha value is -1.71. The minimum absolute atomic E-state index is 0.285. The van der Waals surface area contributed by atoms with Crippen LogP contribution in [-0.4, -0.2) is 9.97 Å². The quantitative estimate of drug-likeness (QED) is 0.665. The van der Waals surface area contributed by atoms with Gasteiger partial charge in [-0.05, 0) is 19.1 Å². The smallest absolute Gasteiger partial charge is 0.149 e. The molecule has 0 bridgehead atoms. The topological polar surface area (TPSA) is 51.8 Å². The van der Waals surface area contributed by atoms with E-state index >= 15 is 0 Å². The van der Waals surface area contributed by atoms with Gasteiger partial charge in [0.05, 0.1) is 0 Å². The van der Waals surface area contributed by atoms with Crippen LogP contribution < -0.4 is 5.73 Å². The number of nitrogens with two attached hydrogens (primary N) is 1. The predicted octanol–water partition coefficient (Wildman–Crippen LogP) is 1.66. The van der Waals surface area contributed by atoms with E-state index in [0.717, 1.165) is 0 Å². The Balaban J connectivity index is 2.94. The normalized spacial score (nSPS) is 10.6. The molecular formula is C9H8FN3. The molecule has 0 aliphatic carbocycles. The maximum Gasteiger partial charge on any atom is 0.149 e. The van der Waals surface area contributed by atoms with Gasteiger partial charge in [0.2, 0.25) is 0 Å². The number of rotatable bonds is 0. The van der Waals surface area contributed by atoms with Crippen LogP contribution in [-0.2, 0) is 0 Å². The highest BCUT2D eigenvalue weighted by Crippen LogP contribution is 2.19. The number of nitrogen functional groups attached to an aromatic ring is 1. The van der Waals surface area contributed by atoms with E-state index in [2.05, 4.69) is 9.97 Å². The molecule has 0 aliphatic rings. The molecule has 0 spiro atoms. The molecule has 0 fully saturated rings. The van der Waals surface area contributed by atoms with Crippen LogP contribution in [0.15, 0.2) is 18.2 Å². The zero-order valence-electron chi connectivity index (χ0n) is 7.08. The van der Waals surface area contributed by atoms with Gasteiger partial charge in [-0.15, -0.1) is 0 Å². The van der Waals surface area contributed by atoms with Gasteiger partial charge < -0.3 is 5.73 Å². The second-order valence-corrected chi connectivity index (χ2v) is 2.79.